The van der Waals surface area contributed by atoms with E-state index in [9.17, 15) is 18.0 Å². The molecule has 1 saturated heterocycles. The van der Waals surface area contributed by atoms with Crippen molar-refractivity contribution in [2.24, 2.45) is 5.92 Å². The Bertz CT molecular complexity index is 367. The molecule has 0 aromatic rings. The van der Waals surface area contributed by atoms with Gasteiger partial charge in [0.15, 0.2) is 0 Å². The largest absolute Gasteiger partial charge is 0.355 e. The molecule has 2 amide bonds. The average Bonchev–Trinajstić information content (AvgIpc) is 2.16. The van der Waals surface area contributed by atoms with Crippen molar-refractivity contribution in [2.75, 3.05) is 25.1 Å². The first-order valence-electron chi connectivity index (χ1n) is 5.10. The van der Waals surface area contributed by atoms with Gasteiger partial charge < -0.3 is 10.6 Å². The molecule has 92 valence electrons. The molecule has 0 spiro atoms. The molecule has 7 heteroatoms. The Morgan fingerprint density at radius 3 is 2.75 bits per heavy atom. The Hall–Kier alpha value is -1.11. The van der Waals surface area contributed by atoms with Crippen molar-refractivity contribution in [3.05, 3.63) is 0 Å². The summed E-state index contributed by atoms with van der Waals surface area (Å²) in [7, 11) is -3.04. The fourth-order valence-electron chi connectivity index (χ4n) is 1.46. The third-order valence-corrected chi connectivity index (χ3v) is 3.35. The monoisotopic (exact) mass is 248 g/mol. The number of sulfone groups is 1. The Labute approximate surface area is 94.7 Å². The van der Waals surface area contributed by atoms with Crippen molar-refractivity contribution in [1.82, 2.24) is 10.6 Å². The Morgan fingerprint density at radius 2 is 2.25 bits per heavy atom. The first kappa shape index (κ1) is 13.0. The van der Waals surface area contributed by atoms with Gasteiger partial charge in [-0.05, 0) is 6.42 Å². The fourth-order valence-corrected chi connectivity index (χ4v) is 1.93. The second-order valence-electron chi connectivity index (χ2n) is 3.96. The molecule has 0 aromatic heterocycles. The van der Waals surface area contributed by atoms with Gasteiger partial charge in [0.05, 0.1) is 11.7 Å². The topological polar surface area (TPSA) is 92.3 Å². The van der Waals surface area contributed by atoms with E-state index >= 15 is 0 Å². The zero-order chi connectivity index (χ0) is 12.2. The van der Waals surface area contributed by atoms with Crippen LogP contribution in [0.15, 0.2) is 0 Å². The summed E-state index contributed by atoms with van der Waals surface area (Å²) in [6.45, 7) is 0.464. The van der Waals surface area contributed by atoms with Crippen LogP contribution >= 0.6 is 0 Å². The minimum atomic E-state index is -3.04. The quantitative estimate of drug-likeness (QED) is 0.645. The molecule has 1 fully saturated rings. The minimum absolute atomic E-state index is 0.0415. The maximum absolute atomic E-state index is 11.5. The molecule has 1 rings (SSSR count). The van der Waals surface area contributed by atoms with Gasteiger partial charge in [-0.1, -0.05) is 0 Å². The zero-order valence-electron chi connectivity index (χ0n) is 9.15. The lowest BCUT2D eigenvalue weighted by molar-refractivity contribution is -0.128. The molecule has 0 aromatic carbocycles. The number of carbonyl (C=O) groups is 2. The number of carbonyl (C=O) groups excluding carboxylic acids is 2. The highest BCUT2D eigenvalue weighted by Crippen LogP contribution is 2.10. The molecule has 2 N–H and O–H groups in total. The molecule has 1 aliphatic heterocycles. The van der Waals surface area contributed by atoms with Crippen molar-refractivity contribution in [2.45, 2.75) is 12.8 Å². The highest BCUT2D eigenvalue weighted by atomic mass is 32.2. The summed E-state index contributed by atoms with van der Waals surface area (Å²) in [5.74, 6) is -0.529. The molecule has 16 heavy (non-hydrogen) atoms. The predicted molar refractivity (Wildman–Crippen MR) is 58.5 cm³/mol. The maximum atomic E-state index is 11.5. The summed E-state index contributed by atoms with van der Waals surface area (Å²) >= 11 is 0. The molecule has 0 radical (unpaired) electrons. The summed E-state index contributed by atoms with van der Waals surface area (Å²) in [6, 6.07) is 0. The van der Waals surface area contributed by atoms with Gasteiger partial charge in [0.25, 0.3) is 0 Å². The highest BCUT2D eigenvalue weighted by Gasteiger charge is 2.24. The van der Waals surface area contributed by atoms with Crippen LogP contribution in [-0.2, 0) is 19.4 Å². The Kier molecular flexibility index (Phi) is 4.28. The molecule has 0 saturated carbocycles. The van der Waals surface area contributed by atoms with Crippen LogP contribution in [-0.4, -0.2) is 45.3 Å². The molecule has 1 heterocycles. The second-order valence-corrected chi connectivity index (χ2v) is 6.22. The van der Waals surface area contributed by atoms with Gasteiger partial charge in [-0.2, -0.15) is 0 Å². The number of piperidine rings is 1. The molecule has 0 aliphatic carbocycles. The molecule has 6 nitrogen and oxygen atoms in total. The van der Waals surface area contributed by atoms with E-state index in [1.807, 2.05) is 0 Å². The minimum Gasteiger partial charge on any atom is -0.355 e. The molecule has 1 unspecified atom stereocenters. The van der Waals surface area contributed by atoms with Crippen molar-refractivity contribution >= 4 is 21.7 Å². The number of rotatable bonds is 4. The zero-order valence-corrected chi connectivity index (χ0v) is 9.97. The molecule has 0 bridgehead atoms. The summed E-state index contributed by atoms with van der Waals surface area (Å²) < 4.78 is 21.6. The predicted octanol–water partition coefficient (Wildman–Crippen LogP) is -1.33. The summed E-state index contributed by atoms with van der Waals surface area (Å²) in [4.78, 5) is 22.4. The lowest BCUT2D eigenvalue weighted by Gasteiger charge is -2.21. The van der Waals surface area contributed by atoms with Gasteiger partial charge in [0, 0.05) is 25.8 Å². The lowest BCUT2D eigenvalue weighted by Crippen LogP contribution is -2.43. The van der Waals surface area contributed by atoms with E-state index in [0.717, 1.165) is 6.26 Å². The van der Waals surface area contributed by atoms with E-state index in [1.165, 1.54) is 0 Å². The van der Waals surface area contributed by atoms with Crippen LogP contribution in [0.5, 0.6) is 0 Å². The average molecular weight is 248 g/mol. The highest BCUT2D eigenvalue weighted by molar-refractivity contribution is 7.90. The number of amides is 2. The molecule has 1 atom stereocenters. The van der Waals surface area contributed by atoms with E-state index in [4.69, 9.17) is 0 Å². The summed E-state index contributed by atoms with van der Waals surface area (Å²) in [5, 5.41) is 5.16. The third-order valence-electron chi connectivity index (χ3n) is 2.41. The number of hydrogen-bond acceptors (Lipinski definition) is 4. The standard InChI is InChI=1S/C9H16N2O4S/c1-16(14,15)5-4-10-9(13)7-2-3-8(12)11-6-7/h7H,2-6H2,1H3,(H,10,13)(H,11,12). The second kappa shape index (κ2) is 5.29. The van der Waals surface area contributed by atoms with E-state index in [2.05, 4.69) is 10.6 Å². The normalized spacial score (nSPS) is 21.3. The van der Waals surface area contributed by atoms with Gasteiger partial charge in [0.1, 0.15) is 9.84 Å². The van der Waals surface area contributed by atoms with E-state index in [1.54, 1.807) is 0 Å². The van der Waals surface area contributed by atoms with Crippen LogP contribution in [0.4, 0.5) is 0 Å². The Morgan fingerprint density at radius 1 is 1.56 bits per heavy atom. The van der Waals surface area contributed by atoms with Crippen LogP contribution in [0, 0.1) is 5.92 Å². The van der Waals surface area contributed by atoms with E-state index < -0.39 is 9.84 Å². The van der Waals surface area contributed by atoms with Crippen molar-refractivity contribution in [3.8, 4) is 0 Å². The fraction of sp³-hybridized carbons (Fsp3) is 0.778. The SMILES string of the molecule is CS(=O)(=O)CCNC(=O)C1CCC(=O)NC1. The first-order valence-corrected chi connectivity index (χ1v) is 7.16. The van der Waals surface area contributed by atoms with Gasteiger partial charge in [-0.15, -0.1) is 0 Å². The van der Waals surface area contributed by atoms with Crippen molar-refractivity contribution in [1.29, 1.82) is 0 Å². The van der Waals surface area contributed by atoms with Crippen LogP contribution in [0.3, 0.4) is 0 Å². The Balaban J connectivity index is 2.28. The number of nitrogens with one attached hydrogen (secondary N) is 2. The van der Waals surface area contributed by atoms with Gasteiger partial charge in [-0.25, -0.2) is 8.42 Å². The van der Waals surface area contributed by atoms with Gasteiger partial charge in [0.2, 0.25) is 11.8 Å². The third kappa shape index (κ3) is 4.61. The molecular formula is C9H16N2O4S. The molecular weight excluding hydrogens is 232 g/mol. The molecule has 1 aliphatic rings. The maximum Gasteiger partial charge on any atom is 0.224 e. The van der Waals surface area contributed by atoms with Gasteiger partial charge >= 0.3 is 0 Å². The van der Waals surface area contributed by atoms with Gasteiger partial charge in [-0.3, -0.25) is 9.59 Å². The first-order chi connectivity index (χ1) is 7.38. The van der Waals surface area contributed by atoms with Crippen LogP contribution < -0.4 is 10.6 Å². The summed E-state index contributed by atoms with van der Waals surface area (Å²) in [5.41, 5.74) is 0. The lowest BCUT2D eigenvalue weighted by atomic mass is 9.98. The smallest absolute Gasteiger partial charge is 0.224 e. The van der Waals surface area contributed by atoms with Crippen LogP contribution in [0.2, 0.25) is 0 Å². The van der Waals surface area contributed by atoms with E-state index in [-0.39, 0.29) is 30.0 Å². The summed E-state index contributed by atoms with van der Waals surface area (Å²) in [6.07, 6.45) is 2.00. The van der Waals surface area contributed by atoms with Crippen molar-refractivity contribution < 1.29 is 18.0 Å². The van der Waals surface area contributed by atoms with Crippen molar-refractivity contribution in [3.63, 3.8) is 0 Å². The number of hydrogen-bond donors (Lipinski definition) is 2. The van der Waals surface area contributed by atoms with Crippen LogP contribution in [0.25, 0.3) is 0 Å². The van der Waals surface area contributed by atoms with E-state index in [0.29, 0.717) is 19.4 Å². The van der Waals surface area contributed by atoms with Crippen LogP contribution in [0.1, 0.15) is 12.8 Å².